The number of rotatable bonds is 3. The van der Waals surface area contributed by atoms with Crippen molar-refractivity contribution in [2.24, 2.45) is 17.3 Å². The third-order valence-electron chi connectivity index (χ3n) is 5.06. The predicted octanol–water partition coefficient (Wildman–Crippen LogP) is 3.46. The summed E-state index contributed by atoms with van der Waals surface area (Å²) in [7, 11) is 0. The highest BCUT2D eigenvalue weighted by molar-refractivity contribution is 5.80. The third-order valence-corrected chi connectivity index (χ3v) is 5.06. The van der Waals surface area contributed by atoms with E-state index in [4.69, 9.17) is 4.74 Å². The molecule has 21 heavy (non-hydrogen) atoms. The smallest absolute Gasteiger partial charge is 0.408 e. The largest absolute Gasteiger partial charge is 0.444 e. The van der Waals surface area contributed by atoms with Crippen LogP contribution in [-0.2, 0) is 9.53 Å². The van der Waals surface area contributed by atoms with Gasteiger partial charge in [0.1, 0.15) is 17.4 Å². The molecule has 0 heterocycles. The summed E-state index contributed by atoms with van der Waals surface area (Å²) in [4.78, 5) is 23.7. The van der Waals surface area contributed by atoms with Gasteiger partial charge < -0.3 is 14.8 Å². The molecule has 0 saturated heterocycles. The monoisotopic (exact) mass is 293 g/mol. The minimum atomic E-state index is -0.977. The van der Waals surface area contributed by atoms with Crippen molar-refractivity contribution < 1.29 is 14.3 Å². The Morgan fingerprint density at radius 1 is 1.38 bits per heavy atom. The lowest BCUT2D eigenvalue weighted by atomic mass is 9.47. The van der Waals surface area contributed by atoms with Gasteiger partial charge in [0.25, 0.3) is 0 Å². The molecule has 0 aromatic rings. The van der Waals surface area contributed by atoms with Gasteiger partial charge in [-0.1, -0.05) is 19.9 Å². The first-order valence-electron chi connectivity index (χ1n) is 7.67. The zero-order valence-corrected chi connectivity index (χ0v) is 13.9. The Morgan fingerprint density at radius 2 is 2.00 bits per heavy atom. The second-order valence-corrected chi connectivity index (χ2v) is 8.15. The predicted molar refractivity (Wildman–Crippen MR) is 81.9 cm³/mol. The number of carbonyl (C=O) groups is 2. The maximum absolute atomic E-state index is 12.0. The normalized spacial score (nSPS) is 29.5. The Bertz CT molecular complexity index is 487. The number of allylic oxidation sites excluding steroid dienone is 1. The minimum absolute atomic E-state index is 0.212. The molecule has 0 radical (unpaired) electrons. The first kappa shape index (κ1) is 16.1. The number of fused-ring (bicyclic) bond motifs is 1. The van der Waals surface area contributed by atoms with E-state index in [0.717, 1.165) is 24.7 Å². The Morgan fingerprint density at radius 3 is 2.43 bits per heavy atom. The highest BCUT2D eigenvalue weighted by Crippen LogP contribution is 2.60. The number of amides is 1. The van der Waals surface area contributed by atoms with Crippen molar-refractivity contribution in [3.8, 4) is 0 Å². The number of aldehydes is 1. The fourth-order valence-corrected chi connectivity index (χ4v) is 3.61. The maximum atomic E-state index is 12.0. The molecule has 3 aliphatic carbocycles. The van der Waals surface area contributed by atoms with Gasteiger partial charge in [-0.3, -0.25) is 0 Å². The quantitative estimate of drug-likeness (QED) is 0.640. The lowest BCUT2D eigenvalue weighted by Gasteiger charge is -2.58. The number of nitrogens with one attached hydrogen (secondary N) is 1. The van der Waals surface area contributed by atoms with Crippen LogP contribution < -0.4 is 5.32 Å². The molecule has 1 fully saturated rings. The van der Waals surface area contributed by atoms with Crippen LogP contribution >= 0.6 is 0 Å². The zero-order valence-electron chi connectivity index (χ0n) is 13.9. The standard InChI is InChI=1S/C17H27NO3/c1-15(2,3)21-14(20)18-17(6,10-19)12-8-7-11-9-13(12)16(11,4)5/h8,10-11,13H,7,9H2,1-6H3,(H,18,20). The summed E-state index contributed by atoms with van der Waals surface area (Å²) in [6.45, 7) is 11.7. The van der Waals surface area contributed by atoms with Gasteiger partial charge in [-0.25, -0.2) is 4.79 Å². The van der Waals surface area contributed by atoms with Crippen LogP contribution in [0.25, 0.3) is 0 Å². The van der Waals surface area contributed by atoms with E-state index in [0.29, 0.717) is 11.8 Å². The van der Waals surface area contributed by atoms with Gasteiger partial charge in [-0.05, 0) is 63.4 Å². The molecular weight excluding hydrogens is 266 g/mol. The van der Waals surface area contributed by atoms with E-state index in [1.165, 1.54) is 0 Å². The van der Waals surface area contributed by atoms with Crippen LogP contribution in [0.3, 0.4) is 0 Å². The average Bonchev–Trinajstić information content (AvgIpc) is 2.36. The van der Waals surface area contributed by atoms with E-state index in [9.17, 15) is 9.59 Å². The van der Waals surface area contributed by atoms with E-state index in [2.05, 4.69) is 25.2 Å². The third kappa shape index (κ3) is 2.85. The highest BCUT2D eigenvalue weighted by Gasteiger charge is 2.55. The second-order valence-electron chi connectivity index (χ2n) is 8.15. The van der Waals surface area contributed by atoms with Crippen LogP contribution in [0.15, 0.2) is 11.6 Å². The number of carbonyl (C=O) groups excluding carboxylic acids is 2. The fourth-order valence-electron chi connectivity index (χ4n) is 3.61. The second kappa shape index (κ2) is 4.85. The molecule has 1 N–H and O–H groups in total. The molecule has 118 valence electrons. The van der Waals surface area contributed by atoms with E-state index in [1.54, 1.807) is 6.92 Å². The SMILES string of the molecule is CC(C)(C)OC(=O)NC(C)(C=O)C1=CCC2CC1C2(C)C. The number of alkyl carbamates (subject to hydrolysis) is 1. The number of hydrogen-bond donors (Lipinski definition) is 1. The van der Waals surface area contributed by atoms with Gasteiger partial charge in [0.05, 0.1) is 0 Å². The van der Waals surface area contributed by atoms with Crippen LogP contribution in [0.1, 0.15) is 54.4 Å². The highest BCUT2D eigenvalue weighted by atomic mass is 16.6. The minimum Gasteiger partial charge on any atom is -0.444 e. The molecule has 4 nitrogen and oxygen atoms in total. The molecular formula is C17H27NO3. The molecule has 1 saturated carbocycles. The van der Waals surface area contributed by atoms with Crippen molar-refractivity contribution in [3.05, 3.63) is 11.6 Å². The van der Waals surface area contributed by atoms with Gasteiger partial charge in [0.15, 0.2) is 0 Å². The summed E-state index contributed by atoms with van der Waals surface area (Å²) in [6, 6.07) is 0. The summed E-state index contributed by atoms with van der Waals surface area (Å²) in [6.07, 6.45) is 4.52. The molecule has 0 aliphatic heterocycles. The molecule has 3 atom stereocenters. The Balaban J connectivity index is 2.17. The van der Waals surface area contributed by atoms with Crippen LogP contribution in [0, 0.1) is 17.3 Å². The van der Waals surface area contributed by atoms with Crippen LogP contribution in [0.2, 0.25) is 0 Å². The molecule has 0 aromatic carbocycles. The molecule has 4 heteroatoms. The van der Waals surface area contributed by atoms with Gasteiger partial charge >= 0.3 is 6.09 Å². The van der Waals surface area contributed by atoms with Crippen molar-refractivity contribution >= 4 is 12.4 Å². The fraction of sp³-hybridized carbons (Fsp3) is 0.765. The molecule has 0 aromatic heterocycles. The Hall–Kier alpha value is -1.32. The van der Waals surface area contributed by atoms with Crippen molar-refractivity contribution in [1.29, 1.82) is 0 Å². The van der Waals surface area contributed by atoms with E-state index >= 15 is 0 Å². The van der Waals surface area contributed by atoms with Crippen molar-refractivity contribution in [2.75, 3.05) is 0 Å². The van der Waals surface area contributed by atoms with E-state index in [1.807, 2.05) is 20.8 Å². The van der Waals surface area contributed by atoms with E-state index in [-0.39, 0.29) is 5.41 Å². The van der Waals surface area contributed by atoms with Crippen LogP contribution in [0.4, 0.5) is 4.79 Å². The molecule has 0 spiro atoms. The average molecular weight is 293 g/mol. The lowest BCUT2D eigenvalue weighted by molar-refractivity contribution is -0.113. The van der Waals surface area contributed by atoms with Crippen LogP contribution in [0.5, 0.6) is 0 Å². The maximum Gasteiger partial charge on any atom is 0.408 e. The Kier molecular flexibility index (Phi) is 3.71. The van der Waals surface area contributed by atoms with Crippen molar-refractivity contribution in [1.82, 2.24) is 5.32 Å². The van der Waals surface area contributed by atoms with Gasteiger partial charge in [0, 0.05) is 0 Å². The molecule has 3 aliphatic rings. The van der Waals surface area contributed by atoms with E-state index < -0.39 is 17.2 Å². The zero-order chi connectivity index (χ0) is 16.1. The van der Waals surface area contributed by atoms with Crippen molar-refractivity contribution in [2.45, 2.75) is 65.5 Å². The lowest BCUT2D eigenvalue weighted by Crippen LogP contribution is -2.58. The topological polar surface area (TPSA) is 55.4 Å². The summed E-state index contributed by atoms with van der Waals surface area (Å²) in [5.41, 5.74) is -0.300. The summed E-state index contributed by atoms with van der Waals surface area (Å²) >= 11 is 0. The molecule has 1 amide bonds. The first-order valence-corrected chi connectivity index (χ1v) is 7.67. The van der Waals surface area contributed by atoms with Crippen molar-refractivity contribution in [3.63, 3.8) is 0 Å². The summed E-state index contributed by atoms with van der Waals surface area (Å²) in [5.74, 6) is 1.06. The summed E-state index contributed by atoms with van der Waals surface area (Å²) < 4.78 is 5.29. The number of hydrogen-bond acceptors (Lipinski definition) is 3. The van der Waals surface area contributed by atoms with Gasteiger partial charge in [0.2, 0.25) is 0 Å². The summed E-state index contributed by atoms with van der Waals surface area (Å²) in [5, 5.41) is 2.76. The molecule has 3 unspecified atom stereocenters. The van der Waals surface area contributed by atoms with Gasteiger partial charge in [-0.15, -0.1) is 0 Å². The number of ether oxygens (including phenoxy) is 1. The Labute approximate surface area is 127 Å². The van der Waals surface area contributed by atoms with Gasteiger partial charge in [-0.2, -0.15) is 0 Å². The molecule has 2 bridgehead atoms. The van der Waals surface area contributed by atoms with Crippen LogP contribution in [-0.4, -0.2) is 23.5 Å². The first-order chi connectivity index (χ1) is 9.49. The molecule has 3 rings (SSSR count).